The maximum atomic E-state index is 13.9. The van der Waals surface area contributed by atoms with Crippen molar-refractivity contribution in [2.45, 2.75) is 25.0 Å². The lowest BCUT2D eigenvalue weighted by Crippen LogP contribution is -2.52. The summed E-state index contributed by atoms with van der Waals surface area (Å²) in [4.78, 5) is 14.4. The van der Waals surface area contributed by atoms with Gasteiger partial charge in [0.15, 0.2) is 0 Å². The van der Waals surface area contributed by atoms with Gasteiger partial charge in [-0.2, -0.15) is 0 Å². The monoisotopic (exact) mass is 358 g/mol. The van der Waals surface area contributed by atoms with Crippen LogP contribution in [-0.4, -0.2) is 49.8 Å². The fraction of sp³-hybridized carbons (Fsp3) is 0.588. The van der Waals surface area contributed by atoms with Crippen LogP contribution in [0.5, 0.6) is 0 Å². The van der Waals surface area contributed by atoms with Gasteiger partial charge in [0.2, 0.25) is 5.91 Å². The highest BCUT2D eigenvalue weighted by Crippen LogP contribution is 2.26. The van der Waals surface area contributed by atoms with Gasteiger partial charge in [0.25, 0.3) is 0 Å². The van der Waals surface area contributed by atoms with E-state index in [9.17, 15) is 9.18 Å². The number of hydrogen-bond acceptors (Lipinski definition) is 4. The first-order valence-corrected chi connectivity index (χ1v) is 8.15. The second kappa shape index (κ2) is 8.76. The highest BCUT2D eigenvalue weighted by atomic mass is 35.5. The van der Waals surface area contributed by atoms with Crippen LogP contribution in [0, 0.1) is 11.7 Å². The third-order valence-electron chi connectivity index (χ3n) is 4.69. The predicted octanol–water partition coefficient (Wildman–Crippen LogP) is 1.90. The summed E-state index contributed by atoms with van der Waals surface area (Å²) in [5.41, 5.74) is 6.67. The van der Waals surface area contributed by atoms with Crippen molar-refractivity contribution in [3.05, 3.63) is 35.6 Å². The van der Waals surface area contributed by atoms with Crippen LogP contribution in [-0.2, 0) is 14.3 Å². The van der Waals surface area contributed by atoms with Gasteiger partial charge in [-0.3, -0.25) is 4.79 Å². The Kier molecular flexibility index (Phi) is 6.98. The minimum atomic E-state index is -0.515. The molecule has 2 heterocycles. The Bertz CT molecular complexity index is 554. The number of amides is 1. The van der Waals surface area contributed by atoms with Crippen LogP contribution in [0.3, 0.4) is 0 Å². The summed E-state index contributed by atoms with van der Waals surface area (Å²) >= 11 is 0. The molecule has 2 saturated heterocycles. The van der Waals surface area contributed by atoms with Gasteiger partial charge in [-0.15, -0.1) is 12.4 Å². The van der Waals surface area contributed by atoms with Crippen LogP contribution in [0.15, 0.2) is 24.3 Å². The number of halogens is 2. The quantitative estimate of drug-likeness (QED) is 0.896. The number of hydrogen-bond donors (Lipinski definition) is 1. The van der Waals surface area contributed by atoms with Crippen molar-refractivity contribution >= 4 is 18.3 Å². The van der Waals surface area contributed by atoms with Crippen LogP contribution >= 0.6 is 12.4 Å². The van der Waals surface area contributed by atoms with Crippen molar-refractivity contribution in [1.82, 2.24) is 4.90 Å². The topological polar surface area (TPSA) is 64.8 Å². The second-order valence-electron chi connectivity index (χ2n) is 6.14. The van der Waals surface area contributed by atoms with Gasteiger partial charge in [-0.1, -0.05) is 18.2 Å². The molecule has 0 radical (unpaired) electrons. The molecule has 0 bridgehead atoms. The minimum absolute atomic E-state index is 0. The van der Waals surface area contributed by atoms with E-state index in [0.29, 0.717) is 38.5 Å². The summed E-state index contributed by atoms with van der Waals surface area (Å²) in [5.74, 6) is -0.215. The van der Waals surface area contributed by atoms with Crippen molar-refractivity contribution in [2.24, 2.45) is 11.7 Å². The lowest BCUT2D eigenvalue weighted by molar-refractivity contribution is -0.142. The number of nitrogens with zero attached hydrogens (tertiary/aromatic N) is 1. The average Bonchev–Trinajstić information content (AvgIpc) is 2.62. The summed E-state index contributed by atoms with van der Waals surface area (Å²) in [7, 11) is 0. The zero-order chi connectivity index (χ0) is 16.2. The lowest BCUT2D eigenvalue weighted by Gasteiger charge is -2.36. The number of ether oxygens (including phenoxy) is 2. The van der Waals surface area contributed by atoms with E-state index < -0.39 is 12.1 Å². The molecule has 3 rings (SSSR count). The normalized spacial score (nSPS) is 23.4. The first kappa shape index (κ1) is 19.1. The molecule has 1 amide bonds. The molecule has 24 heavy (non-hydrogen) atoms. The molecular weight excluding hydrogens is 335 g/mol. The predicted molar refractivity (Wildman–Crippen MR) is 90.4 cm³/mol. The number of carbonyl (C=O) groups is 1. The Hall–Kier alpha value is -1.21. The van der Waals surface area contributed by atoms with E-state index in [0.717, 1.165) is 12.8 Å². The minimum Gasteiger partial charge on any atom is -0.381 e. The molecule has 2 fully saturated rings. The van der Waals surface area contributed by atoms with Crippen LogP contribution in [0.2, 0.25) is 0 Å². The van der Waals surface area contributed by atoms with Crippen LogP contribution in [0.25, 0.3) is 0 Å². The molecule has 2 aliphatic rings. The van der Waals surface area contributed by atoms with Crippen molar-refractivity contribution in [1.29, 1.82) is 0 Å². The standard InChI is InChI=1S/C17H23FN2O3.ClH/c18-14-4-2-1-3-13(14)15-11-20(7-10-23-15)17(21)16(19)12-5-8-22-9-6-12;/h1-4,12,15-16H,5-11,19H2;1H. The molecule has 2 aliphatic heterocycles. The average molecular weight is 359 g/mol. The van der Waals surface area contributed by atoms with Gasteiger partial charge in [0.1, 0.15) is 11.9 Å². The van der Waals surface area contributed by atoms with Crippen molar-refractivity contribution < 1.29 is 18.7 Å². The van der Waals surface area contributed by atoms with E-state index in [1.165, 1.54) is 6.07 Å². The van der Waals surface area contributed by atoms with Gasteiger partial charge in [0.05, 0.1) is 19.2 Å². The molecule has 1 aromatic rings. The summed E-state index contributed by atoms with van der Waals surface area (Å²) in [6.07, 6.45) is 1.19. The van der Waals surface area contributed by atoms with E-state index in [1.807, 2.05) is 0 Å². The van der Waals surface area contributed by atoms with Gasteiger partial charge < -0.3 is 20.1 Å². The molecule has 5 nitrogen and oxygen atoms in total. The molecule has 2 N–H and O–H groups in total. The van der Waals surface area contributed by atoms with Crippen LogP contribution < -0.4 is 5.73 Å². The van der Waals surface area contributed by atoms with Crippen LogP contribution in [0.4, 0.5) is 4.39 Å². The van der Waals surface area contributed by atoms with Gasteiger partial charge in [-0.25, -0.2) is 4.39 Å². The molecule has 1 aromatic carbocycles. The van der Waals surface area contributed by atoms with Gasteiger partial charge in [-0.05, 0) is 24.8 Å². The Morgan fingerprint density at radius 1 is 1.25 bits per heavy atom. The maximum Gasteiger partial charge on any atom is 0.239 e. The highest BCUT2D eigenvalue weighted by molar-refractivity contribution is 5.85. The summed E-state index contributed by atoms with van der Waals surface area (Å²) < 4.78 is 24.9. The Morgan fingerprint density at radius 3 is 2.67 bits per heavy atom. The second-order valence-corrected chi connectivity index (χ2v) is 6.14. The summed E-state index contributed by atoms with van der Waals surface area (Å²) in [5, 5.41) is 0. The first-order chi connectivity index (χ1) is 11.2. The zero-order valence-corrected chi connectivity index (χ0v) is 14.3. The van der Waals surface area contributed by atoms with Gasteiger partial charge >= 0.3 is 0 Å². The van der Waals surface area contributed by atoms with E-state index in [-0.39, 0.29) is 30.0 Å². The molecule has 0 saturated carbocycles. The molecule has 7 heteroatoms. The Balaban J connectivity index is 0.00000208. The Labute approximate surface area is 147 Å². The van der Waals surface area contributed by atoms with E-state index in [1.54, 1.807) is 23.1 Å². The number of rotatable bonds is 3. The molecule has 134 valence electrons. The highest BCUT2D eigenvalue weighted by Gasteiger charge is 2.33. The fourth-order valence-corrected chi connectivity index (χ4v) is 3.26. The fourth-order valence-electron chi connectivity index (χ4n) is 3.26. The lowest BCUT2D eigenvalue weighted by atomic mass is 9.91. The SMILES string of the molecule is Cl.NC(C(=O)N1CCOC(c2ccccc2F)C1)C1CCOCC1. The molecule has 2 unspecified atom stereocenters. The van der Waals surface area contributed by atoms with Gasteiger partial charge in [0, 0.05) is 25.3 Å². The molecule has 0 aliphatic carbocycles. The van der Waals surface area contributed by atoms with Crippen molar-refractivity contribution in [3.8, 4) is 0 Å². The Morgan fingerprint density at radius 2 is 1.96 bits per heavy atom. The third kappa shape index (κ3) is 4.25. The van der Waals surface area contributed by atoms with E-state index in [4.69, 9.17) is 15.2 Å². The number of benzene rings is 1. The summed E-state index contributed by atoms with van der Waals surface area (Å²) in [6.45, 7) is 2.56. The van der Waals surface area contributed by atoms with Crippen molar-refractivity contribution in [3.63, 3.8) is 0 Å². The van der Waals surface area contributed by atoms with E-state index >= 15 is 0 Å². The summed E-state index contributed by atoms with van der Waals surface area (Å²) in [6, 6.07) is 6.01. The number of carbonyl (C=O) groups excluding carboxylic acids is 1. The van der Waals surface area contributed by atoms with Crippen LogP contribution in [0.1, 0.15) is 24.5 Å². The van der Waals surface area contributed by atoms with E-state index in [2.05, 4.69) is 0 Å². The van der Waals surface area contributed by atoms with Crippen molar-refractivity contribution in [2.75, 3.05) is 32.9 Å². The first-order valence-electron chi connectivity index (χ1n) is 8.15. The smallest absolute Gasteiger partial charge is 0.239 e. The maximum absolute atomic E-state index is 13.9. The third-order valence-corrected chi connectivity index (χ3v) is 4.69. The molecular formula is C17H24ClFN2O3. The largest absolute Gasteiger partial charge is 0.381 e. The molecule has 0 spiro atoms. The number of nitrogens with two attached hydrogens (primary N) is 1. The molecule has 0 aromatic heterocycles. The molecule has 2 atom stereocenters. The zero-order valence-electron chi connectivity index (χ0n) is 13.5. The number of morpholine rings is 1.